The number of amides is 1. The van der Waals surface area contributed by atoms with Crippen LogP contribution in [0.15, 0.2) is 36.8 Å². The molecule has 1 saturated heterocycles. The van der Waals surface area contributed by atoms with Crippen molar-refractivity contribution in [2.45, 2.75) is 38.1 Å². The molecule has 0 radical (unpaired) electrons. The molecule has 3 N–H and O–H groups in total. The van der Waals surface area contributed by atoms with E-state index in [4.69, 9.17) is 10.8 Å². The van der Waals surface area contributed by atoms with Crippen molar-refractivity contribution in [1.29, 1.82) is 0 Å². The maximum Gasteiger partial charge on any atom is 0.407 e. The minimum Gasteiger partial charge on any atom is -0.465 e. The summed E-state index contributed by atoms with van der Waals surface area (Å²) in [5.41, 5.74) is 11.1. The van der Waals surface area contributed by atoms with Crippen LogP contribution < -0.4 is 5.73 Å². The molecule has 2 aliphatic rings. The molecular formula is C23H25N7O2. The number of benzene rings is 1. The van der Waals surface area contributed by atoms with Gasteiger partial charge in [0.05, 0.1) is 5.52 Å². The van der Waals surface area contributed by atoms with E-state index in [1.807, 2.05) is 4.52 Å². The van der Waals surface area contributed by atoms with Crippen LogP contribution in [0.1, 0.15) is 37.3 Å². The first kappa shape index (κ1) is 19.1. The molecule has 0 bridgehead atoms. The molecule has 6 rings (SSSR count). The smallest absolute Gasteiger partial charge is 0.407 e. The van der Waals surface area contributed by atoms with Gasteiger partial charge in [-0.15, -0.1) is 0 Å². The Morgan fingerprint density at radius 2 is 1.97 bits per heavy atom. The van der Waals surface area contributed by atoms with Crippen LogP contribution in [-0.2, 0) is 6.54 Å². The number of aromatic nitrogens is 5. The minimum absolute atomic E-state index is 0.211. The number of piperidine rings is 1. The summed E-state index contributed by atoms with van der Waals surface area (Å²) in [6.07, 6.45) is 6.85. The molecule has 1 aliphatic carbocycles. The average molecular weight is 432 g/mol. The average Bonchev–Trinajstić information content (AvgIpc) is 3.37. The van der Waals surface area contributed by atoms with Crippen LogP contribution in [0.3, 0.4) is 0 Å². The number of rotatable bonds is 4. The lowest BCUT2D eigenvalue weighted by Gasteiger charge is -2.29. The number of nitrogens with two attached hydrogens (primary N) is 1. The van der Waals surface area contributed by atoms with E-state index in [1.165, 1.54) is 24.1 Å². The van der Waals surface area contributed by atoms with Gasteiger partial charge < -0.3 is 15.7 Å². The lowest BCUT2D eigenvalue weighted by Crippen LogP contribution is -2.37. The summed E-state index contributed by atoms with van der Waals surface area (Å²) >= 11 is 0. The molecule has 9 heteroatoms. The highest BCUT2D eigenvalue weighted by Crippen LogP contribution is 2.37. The van der Waals surface area contributed by atoms with Gasteiger partial charge in [-0.1, -0.05) is 12.1 Å². The van der Waals surface area contributed by atoms with Gasteiger partial charge in [0.25, 0.3) is 0 Å². The quantitative estimate of drug-likeness (QED) is 0.510. The molecule has 4 aromatic rings. The zero-order chi connectivity index (χ0) is 21.8. The summed E-state index contributed by atoms with van der Waals surface area (Å²) in [5.74, 6) is 1.41. The Kier molecular flexibility index (Phi) is 4.31. The Balaban J connectivity index is 1.40. The number of hydrogen-bond donors (Lipinski definition) is 2. The number of carboxylic acid groups (broad SMARTS) is 1. The molecule has 164 valence electrons. The number of nitrogens with zero attached hydrogens (tertiary/aromatic N) is 6. The highest BCUT2D eigenvalue weighted by Gasteiger charge is 2.28. The number of nitrogen functional groups attached to an aromatic ring is 1. The second-order valence-electron chi connectivity index (χ2n) is 9.00. The van der Waals surface area contributed by atoms with E-state index >= 15 is 0 Å². The predicted molar refractivity (Wildman–Crippen MR) is 120 cm³/mol. The second kappa shape index (κ2) is 7.22. The second-order valence-corrected chi connectivity index (χ2v) is 9.00. The number of anilines is 1. The summed E-state index contributed by atoms with van der Waals surface area (Å²) in [6.45, 7) is 2.03. The first-order chi connectivity index (χ1) is 15.6. The summed E-state index contributed by atoms with van der Waals surface area (Å²) in [7, 11) is 0. The van der Waals surface area contributed by atoms with E-state index in [-0.39, 0.29) is 5.92 Å². The Morgan fingerprint density at radius 3 is 2.72 bits per heavy atom. The fourth-order valence-electron chi connectivity index (χ4n) is 4.86. The zero-order valence-electron chi connectivity index (χ0n) is 17.7. The van der Waals surface area contributed by atoms with Crippen LogP contribution in [0, 0.1) is 5.92 Å². The summed E-state index contributed by atoms with van der Waals surface area (Å²) in [6, 6.07) is 8.46. The third kappa shape index (κ3) is 3.24. The normalized spacial score (nSPS) is 17.4. The molecule has 0 unspecified atom stereocenters. The van der Waals surface area contributed by atoms with E-state index in [1.54, 1.807) is 0 Å². The molecule has 32 heavy (non-hydrogen) atoms. The number of likely N-dealkylation sites (tertiary alicyclic amines) is 1. The molecule has 3 aromatic heterocycles. The Labute approximate surface area is 184 Å². The largest absolute Gasteiger partial charge is 0.465 e. The Morgan fingerprint density at radius 1 is 1.16 bits per heavy atom. The first-order valence-corrected chi connectivity index (χ1v) is 11.1. The first-order valence-electron chi connectivity index (χ1n) is 11.1. The van der Waals surface area contributed by atoms with Crippen molar-refractivity contribution in [2.75, 3.05) is 18.8 Å². The van der Waals surface area contributed by atoms with Crippen molar-refractivity contribution in [3.05, 3.63) is 42.5 Å². The molecule has 1 aliphatic heterocycles. The highest BCUT2D eigenvalue weighted by atomic mass is 16.4. The molecule has 0 spiro atoms. The van der Waals surface area contributed by atoms with Crippen LogP contribution >= 0.6 is 0 Å². The van der Waals surface area contributed by atoms with E-state index in [9.17, 15) is 9.90 Å². The van der Waals surface area contributed by atoms with Gasteiger partial charge in [0.15, 0.2) is 5.82 Å². The third-order valence-electron chi connectivity index (χ3n) is 6.80. The van der Waals surface area contributed by atoms with Gasteiger partial charge in [-0.05, 0) is 49.3 Å². The molecule has 1 aromatic carbocycles. The summed E-state index contributed by atoms with van der Waals surface area (Å²) < 4.78 is 3.94. The Bertz CT molecular complexity index is 1330. The summed E-state index contributed by atoms with van der Waals surface area (Å²) in [4.78, 5) is 17.0. The van der Waals surface area contributed by atoms with Gasteiger partial charge >= 0.3 is 6.09 Å². The van der Waals surface area contributed by atoms with Gasteiger partial charge in [0, 0.05) is 48.4 Å². The molecule has 4 heterocycles. The monoisotopic (exact) mass is 431 g/mol. The van der Waals surface area contributed by atoms with Crippen molar-refractivity contribution < 1.29 is 9.90 Å². The van der Waals surface area contributed by atoms with Crippen molar-refractivity contribution in [3.63, 3.8) is 0 Å². The van der Waals surface area contributed by atoms with Gasteiger partial charge in [-0.2, -0.15) is 10.2 Å². The lowest BCUT2D eigenvalue weighted by atomic mass is 9.93. The predicted octanol–water partition coefficient (Wildman–Crippen LogP) is 3.60. The topological polar surface area (TPSA) is 115 Å². The lowest BCUT2D eigenvalue weighted by molar-refractivity contribution is 0.131. The molecule has 9 nitrogen and oxygen atoms in total. The van der Waals surface area contributed by atoms with Gasteiger partial charge in [0.2, 0.25) is 0 Å². The number of fused-ring (bicyclic) bond motifs is 2. The maximum absolute atomic E-state index is 11.3. The molecular weight excluding hydrogens is 406 g/mol. The van der Waals surface area contributed by atoms with Crippen LogP contribution in [0.2, 0.25) is 0 Å². The number of carbonyl (C=O) groups is 1. The van der Waals surface area contributed by atoms with E-state index in [0.717, 1.165) is 58.5 Å². The van der Waals surface area contributed by atoms with Gasteiger partial charge in [0.1, 0.15) is 11.8 Å². The van der Waals surface area contributed by atoms with E-state index in [0.29, 0.717) is 18.9 Å². The maximum atomic E-state index is 11.3. The van der Waals surface area contributed by atoms with Crippen molar-refractivity contribution in [1.82, 2.24) is 29.3 Å². The van der Waals surface area contributed by atoms with Crippen LogP contribution in [0.25, 0.3) is 27.5 Å². The molecule has 2 fully saturated rings. The van der Waals surface area contributed by atoms with Crippen LogP contribution in [0.5, 0.6) is 0 Å². The molecule has 0 atom stereocenters. The SMILES string of the molecule is Nc1ncnn2c(C3CCN(C(=O)O)CC3)cc(-c3ccc4cn(CC5CC5)nc4c3)c12. The van der Waals surface area contributed by atoms with Gasteiger partial charge in [-0.3, -0.25) is 4.68 Å². The van der Waals surface area contributed by atoms with Crippen molar-refractivity contribution in [2.24, 2.45) is 5.92 Å². The van der Waals surface area contributed by atoms with Crippen molar-refractivity contribution in [3.8, 4) is 11.1 Å². The molecule has 1 amide bonds. The fraction of sp³-hybridized carbons (Fsp3) is 0.391. The fourth-order valence-corrected chi connectivity index (χ4v) is 4.86. The third-order valence-corrected chi connectivity index (χ3v) is 6.80. The summed E-state index contributed by atoms with van der Waals surface area (Å²) in [5, 5.41) is 19.7. The highest BCUT2D eigenvalue weighted by molar-refractivity contribution is 5.92. The van der Waals surface area contributed by atoms with Crippen LogP contribution in [0.4, 0.5) is 10.6 Å². The standard InChI is InChI=1S/C23H25N7O2/c24-22-21-18(16-3-4-17-12-29(11-14-1-2-14)27-19(17)9-16)10-20(30(21)26-13-25-22)15-5-7-28(8-6-15)23(31)32/h3-4,9-10,12-15H,1-2,5-8,11H2,(H,31,32)(H2,24,25,26). The van der Waals surface area contributed by atoms with Gasteiger partial charge in [-0.25, -0.2) is 14.3 Å². The number of hydrogen-bond acceptors (Lipinski definition) is 5. The molecule has 1 saturated carbocycles. The van der Waals surface area contributed by atoms with E-state index in [2.05, 4.69) is 45.2 Å². The minimum atomic E-state index is -0.856. The zero-order valence-corrected chi connectivity index (χ0v) is 17.7. The van der Waals surface area contributed by atoms with Crippen molar-refractivity contribution >= 4 is 28.3 Å². The van der Waals surface area contributed by atoms with E-state index < -0.39 is 6.09 Å². The van der Waals surface area contributed by atoms with Crippen LogP contribution in [-0.4, -0.2) is 53.6 Å². The Hall–Kier alpha value is -3.62.